The molecule has 3 rings (SSSR count). The van der Waals surface area contributed by atoms with Gasteiger partial charge in [0.15, 0.2) is 0 Å². The van der Waals surface area contributed by atoms with Gasteiger partial charge < -0.3 is 10.2 Å². The average Bonchev–Trinajstić information content (AvgIpc) is 2.91. The second-order valence-electron chi connectivity index (χ2n) is 5.75. The fourth-order valence-corrected chi connectivity index (χ4v) is 4.34. The molecule has 0 radical (unpaired) electrons. The number of hydrogen-bond acceptors (Lipinski definition) is 3. The predicted octanol–water partition coefficient (Wildman–Crippen LogP) is 2.59. The van der Waals surface area contributed by atoms with Gasteiger partial charge in [0.05, 0.1) is 4.88 Å². The van der Waals surface area contributed by atoms with Crippen molar-refractivity contribution < 1.29 is 4.79 Å². The van der Waals surface area contributed by atoms with Gasteiger partial charge in [0.1, 0.15) is 0 Å². The molecule has 1 N–H and O–H groups in total. The molecule has 2 atom stereocenters. The molecule has 2 unspecified atom stereocenters. The van der Waals surface area contributed by atoms with Crippen molar-refractivity contribution in [1.29, 1.82) is 0 Å². The normalized spacial score (nSPS) is 26.5. The van der Waals surface area contributed by atoms with Crippen molar-refractivity contribution in [2.24, 2.45) is 0 Å². The fraction of sp³-hybridized carbons (Fsp3) is 0.667. The molecule has 0 saturated carbocycles. The van der Waals surface area contributed by atoms with Gasteiger partial charge in [0, 0.05) is 30.1 Å². The number of thiophene rings is 1. The molecule has 0 spiro atoms. The quantitative estimate of drug-likeness (QED) is 0.902. The van der Waals surface area contributed by atoms with Crippen molar-refractivity contribution in [3.05, 3.63) is 21.4 Å². The van der Waals surface area contributed by atoms with Crippen LogP contribution in [-0.4, -0.2) is 36.0 Å². The zero-order valence-corrected chi connectivity index (χ0v) is 12.6. The topological polar surface area (TPSA) is 32.3 Å². The van der Waals surface area contributed by atoms with E-state index < -0.39 is 0 Å². The lowest BCUT2D eigenvalue weighted by Crippen LogP contribution is -2.38. The summed E-state index contributed by atoms with van der Waals surface area (Å²) in [5, 5.41) is 3.63. The molecule has 2 aliphatic rings. The lowest BCUT2D eigenvalue weighted by atomic mass is 10.1. The Morgan fingerprint density at radius 1 is 1.42 bits per heavy atom. The summed E-state index contributed by atoms with van der Waals surface area (Å²) >= 11 is 1.68. The van der Waals surface area contributed by atoms with Crippen LogP contribution in [0.1, 0.15) is 46.3 Å². The Kier molecular flexibility index (Phi) is 3.63. The van der Waals surface area contributed by atoms with Gasteiger partial charge in [0.2, 0.25) is 0 Å². The number of amides is 1. The largest absolute Gasteiger partial charge is 0.336 e. The third-order valence-electron chi connectivity index (χ3n) is 4.36. The maximum Gasteiger partial charge on any atom is 0.263 e. The first kappa shape index (κ1) is 13.1. The molecule has 0 aliphatic carbocycles. The van der Waals surface area contributed by atoms with Crippen molar-refractivity contribution in [1.82, 2.24) is 10.2 Å². The molecule has 4 heteroatoms. The summed E-state index contributed by atoms with van der Waals surface area (Å²) in [6.07, 6.45) is 4.63. The zero-order chi connectivity index (χ0) is 13.4. The summed E-state index contributed by atoms with van der Waals surface area (Å²) < 4.78 is 0. The maximum atomic E-state index is 12.6. The predicted molar refractivity (Wildman–Crippen MR) is 78.9 cm³/mol. The average molecular weight is 278 g/mol. The number of nitrogens with one attached hydrogen (secondary N) is 1. The van der Waals surface area contributed by atoms with E-state index in [9.17, 15) is 4.79 Å². The minimum Gasteiger partial charge on any atom is -0.336 e. The van der Waals surface area contributed by atoms with Gasteiger partial charge in [-0.1, -0.05) is 6.92 Å². The van der Waals surface area contributed by atoms with Crippen LogP contribution in [0.2, 0.25) is 0 Å². The number of likely N-dealkylation sites (tertiary alicyclic amines) is 1. The van der Waals surface area contributed by atoms with Crippen molar-refractivity contribution in [2.45, 2.75) is 51.6 Å². The highest BCUT2D eigenvalue weighted by atomic mass is 32.1. The van der Waals surface area contributed by atoms with Crippen molar-refractivity contribution in [3.8, 4) is 0 Å². The van der Waals surface area contributed by atoms with Crippen LogP contribution in [0.4, 0.5) is 0 Å². The van der Waals surface area contributed by atoms with Crippen LogP contribution in [0, 0.1) is 6.92 Å². The van der Waals surface area contributed by atoms with Crippen LogP contribution < -0.4 is 5.32 Å². The zero-order valence-electron chi connectivity index (χ0n) is 11.7. The highest BCUT2D eigenvalue weighted by molar-refractivity contribution is 7.14. The van der Waals surface area contributed by atoms with E-state index >= 15 is 0 Å². The molecule has 2 bridgehead atoms. The first-order valence-electron chi connectivity index (χ1n) is 7.32. The number of fused-ring (bicyclic) bond motifs is 2. The van der Waals surface area contributed by atoms with E-state index in [0.29, 0.717) is 12.1 Å². The number of nitrogens with zero attached hydrogens (tertiary/aromatic N) is 1. The van der Waals surface area contributed by atoms with Gasteiger partial charge in [-0.2, -0.15) is 0 Å². The molecular formula is C15H22N2OS. The van der Waals surface area contributed by atoms with Gasteiger partial charge in [-0.3, -0.25) is 4.79 Å². The summed E-state index contributed by atoms with van der Waals surface area (Å²) in [6, 6.07) is 3.23. The second-order valence-corrected chi connectivity index (χ2v) is 6.88. The molecule has 0 aromatic carbocycles. The van der Waals surface area contributed by atoms with Crippen LogP contribution in [0.15, 0.2) is 6.07 Å². The molecule has 19 heavy (non-hydrogen) atoms. The van der Waals surface area contributed by atoms with Crippen molar-refractivity contribution in [2.75, 3.05) is 13.1 Å². The van der Waals surface area contributed by atoms with E-state index in [0.717, 1.165) is 30.8 Å². The number of carbonyl (C=O) groups is 1. The number of hydrogen-bond donors (Lipinski definition) is 1. The number of carbonyl (C=O) groups excluding carboxylic acids is 1. The molecule has 1 aromatic heterocycles. The Bertz CT molecular complexity index is 482. The molecule has 2 aliphatic heterocycles. The SMILES string of the molecule is CCc1sc(C(=O)N2CCC3CCC(C2)N3)cc1C. The lowest BCUT2D eigenvalue weighted by Gasteiger charge is -2.23. The van der Waals surface area contributed by atoms with E-state index in [4.69, 9.17) is 0 Å². The lowest BCUT2D eigenvalue weighted by molar-refractivity contribution is 0.0753. The molecular weight excluding hydrogens is 256 g/mol. The van der Waals surface area contributed by atoms with E-state index in [1.165, 1.54) is 23.3 Å². The highest BCUT2D eigenvalue weighted by Crippen LogP contribution is 2.26. The summed E-state index contributed by atoms with van der Waals surface area (Å²) in [4.78, 5) is 16.9. The number of aryl methyl sites for hydroxylation is 2. The van der Waals surface area contributed by atoms with Crippen LogP contribution in [0.3, 0.4) is 0 Å². The van der Waals surface area contributed by atoms with Gasteiger partial charge in [-0.25, -0.2) is 0 Å². The van der Waals surface area contributed by atoms with Gasteiger partial charge in [0.25, 0.3) is 5.91 Å². The van der Waals surface area contributed by atoms with Gasteiger partial charge in [-0.15, -0.1) is 11.3 Å². The molecule has 3 nitrogen and oxygen atoms in total. The minimum absolute atomic E-state index is 0.238. The summed E-state index contributed by atoms with van der Waals surface area (Å²) in [5.41, 5.74) is 1.27. The maximum absolute atomic E-state index is 12.6. The highest BCUT2D eigenvalue weighted by Gasteiger charge is 2.31. The summed E-state index contributed by atoms with van der Waals surface area (Å²) in [7, 11) is 0. The van der Waals surface area contributed by atoms with Crippen molar-refractivity contribution >= 4 is 17.2 Å². The third-order valence-corrected chi connectivity index (χ3v) is 5.73. The fourth-order valence-electron chi connectivity index (χ4n) is 3.26. The monoisotopic (exact) mass is 278 g/mol. The van der Waals surface area contributed by atoms with Crippen LogP contribution in [-0.2, 0) is 6.42 Å². The van der Waals surface area contributed by atoms with E-state index in [1.807, 2.05) is 0 Å². The Balaban J connectivity index is 1.75. The Hall–Kier alpha value is -0.870. The van der Waals surface area contributed by atoms with Gasteiger partial charge in [-0.05, 0) is 44.2 Å². The molecule has 2 saturated heterocycles. The first-order chi connectivity index (χ1) is 9.17. The Morgan fingerprint density at radius 3 is 2.95 bits per heavy atom. The van der Waals surface area contributed by atoms with E-state index in [2.05, 4.69) is 30.1 Å². The smallest absolute Gasteiger partial charge is 0.263 e. The van der Waals surface area contributed by atoms with E-state index in [-0.39, 0.29) is 5.91 Å². The van der Waals surface area contributed by atoms with Crippen LogP contribution >= 0.6 is 11.3 Å². The first-order valence-corrected chi connectivity index (χ1v) is 8.13. The van der Waals surface area contributed by atoms with Crippen LogP contribution in [0.5, 0.6) is 0 Å². The second kappa shape index (κ2) is 5.25. The number of rotatable bonds is 2. The van der Waals surface area contributed by atoms with Crippen LogP contribution in [0.25, 0.3) is 0 Å². The van der Waals surface area contributed by atoms with Crippen molar-refractivity contribution in [3.63, 3.8) is 0 Å². The minimum atomic E-state index is 0.238. The summed E-state index contributed by atoms with van der Waals surface area (Å²) in [5.74, 6) is 0.238. The Morgan fingerprint density at radius 2 is 2.21 bits per heavy atom. The Labute approximate surface area is 119 Å². The molecule has 104 valence electrons. The standard InChI is InChI=1S/C15H22N2OS/c1-3-13-10(2)8-14(19-13)15(18)17-7-6-11-4-5-12(9-17)16-11/h8,11-12,16H,3-7,9H2,1-2H3. The third kappa shape index (κ3) is 2.56. The van der Waals surface area contributed by atoms with Gasteiger partial charge >= 0.3 is 0 Å². The molecule has 1 aromatic rings. The summed E-state index contributed by atoms with van der Waals surface area (Å²) in [6.45, 7) is 6.05. The molecule has 1 amide bonds. The van der Waals surface area contributed by atoms with E-state index in [1.54, 1.807) is 11.3 Å². The molecule has 2 fully saturated rings. The molecule has 3 heterocycles.